The molecule has 0 heterocycles. The van der Waals surface area contributed by atoms with Crippen molar-refractivity contribution >= 4 is 39.1 Å². The van der Waals surface area contributed by atoms with E-state index < -0.39 is 0 Å². The van der Waals surface area contributed by atoms with Crippen LogP contribution in [0.15, 0.2) is 18.2 Å². The lowest BCUT2D eigenvalue weighted by Crippen LogP contribution is -2.37. The van der Waals surface area contributed by atoms with E-state index in [1.165, 1.54) is 19.3 Å². The summed E-state index contributed by atoms with van der Waals surface area (Å²) in [5.41, 5.74) is 0.326. The van der Waals surface area contributed by atoms with Gasteiger partial charge in [0.05, 0.1) is 16.7 Å². The molecule has 88 valence electrons. The van der Waals surface area contributed by atoms with E-state index in [0.717, 1.165) is 17.7 Å². The molecule has 1 fully saturated rings. The molecule has 0 atom stereocenters. The second kappa shape index (κ2) is 5.16. The minimum atomic E-state index is 0.326. The van der Waals surface area contributed by atoms with Crippen molar-refractivity contribution < 1.29 is 4.74 Å². The first-order valence-corrected chi connectivity index (χ1v) is 7.17. The van der Waals surface area contributed by atoms with Gasteiger partial charge in [-0.15, -0.1) is 0 Å². The van der Waals surface area contributed by atoms with Gasteiger partial charge in [-0.1, -0.05) is 45.6 Å². The van der Waals surface area contributed by atoms with Gasteiger partial charge < -0.3 is 4.74 Å². The molecule has 1 nitrogen and oxygen atoms in total. The Morgan fingerprint density at radius 2 is 2.00 bits per heavy atom. The van der Waals surface area contributed by atoms with Crippen molar-refractivity contribution in [3.05, 3.63) is 28.2 Å². The van der Waals surface area contributed by atoms with Crippen LogP contribution in [-0.4, -0.2) is 11.9 Å². The van der Waals surface area contributed by atoms with Crippen molar-refractivity contribution in [3.8, 4) is 5.75 Å². The van der Waals surface area contributed by atoms with Gasteiger partial charge in [-0.2, -0.15) is 0 Å². The Bertz CT molecular complexity index is 372. The molecule has 0 bridgehead atoms. The summed E-state index contributed by atoms with van der Waals surface area (Å²) in [7, 11) is 0. The van der Waals surface area contributed by atoms with Crippen molar-refractivity contribution in [2.45, 2.75) is 19.3 Å². The zero-order chi connectivity index (χ0) is 11.6. The van der Waals surface area contributed by atoms with Crippen LogP contribution in [0.4, 0.5) is 0 Å². The number of hydrogen-bond acceptors (Lipinski definition) is 1. The predicted octanol–water partition coefficient (Wildman–Crippen LogP) is 4.94. The third kappa shape index (κ3) is 2.66. The SMILES string of the molecule is Clc1ccc(OCC2(CBr)CCC2)cc1Cl. The molecule has 2 rings (SSSR count). The van der Waals surface area contributed by atoms with Crippen molar-refractivity contribution in [3.63, 3.8) is 0 Å². The highest BCUT2D eigenvalue weighted by molar-refractivity contribution is 9.09. The minimum Gasteiger partial charge on any atom is -0.493 e. The minimum absolute atomic E-state index is 0.326. The van der Waals surface area contributed by atoms with Crippen LogP contribution in [-0.2, 0) is 0 Å². The zero-order valence-corrected chi connectivity index (χ0v) is 11.9. The summed E-state index contributed by atoms with van der Waals surface area (Å²) in [4.78, 5) is 0. The lowest BCUT2D eigenvalue weighted by Gasteiger charge is -2.39. The van der Waals surface area contributed by atoms with E-state index in [1.54, 1.807) is 12.1 Å². The standard InChI is InChI=1S/C12H13BrCl2O/c13-7-12(4-1-5-12)8-16-9-2-3-10(14)11(15)6-9/h2-3,6H,1,4-5,7-8H2. The predicted molar refractivity (Wildman–Crippen MR) is 72.0 cm³/mol. The zero-order valence-electron chi connectivity index (χ0n) is 8.81. The van der Waals surface area contributed by atoms with E-state index in [2.05, 4.69) is 15.9 Å². The van der Waals surface area contributed by atoms with E-state index in [1.807, 2.05) is 6.07 Å². The Morgan fingerprint density at radius 1 is 1.25 bits per heavy atom. The molecule has 1 saturated carbocycles. The fraction of sp³-hybridized carbons (Fsp3) is 0.500. The van der Waals surface area contributed by atoms with Crippen LogP contribution in [0.1, 0.15) is 19.3 Å². The van der Waals surface area contributed by atoms with Gasteiger partial charge in [-0.25, -0.2) is 0 Å². The quantitative estimate of drug-likeness (QED) is 0.713. The molecule has 1 aliphatic carbocycles. The maximum atomic E-state index is 5.92. The molecule has 16 heavy (non-hydrogen) atoms. The summed E-state index contributed by atoms with van der Waals surface area (Å²) in [6.07, 6.45) is 3.77. The van der Waals surface area contributed by atoms with Crippen molar-refractivity contribution in [1.29, 1.82) is 0 Å². The Hall–Kier alpha value is 0.0800. The van der Waals surface area contributed by atoms with Crippen molar-refractivity contribution in [1.82, 2.24) is 0 Å². The Morgan fingerprint density at radius 3 is 2.50 bits per heavy atom. The second-order valence-corrected chi connectivity index (χ2v) is 5.73. The number of ether oxygens (including phenoxy) is 1. The van der Waals surface area contributed by atoms with Gasteiger partial charge in [0.2, 0.25) is 0 Å². The molecule has 0 aromatic heterocycles. The Balaban J connectivity index is 1.96. The van der Waals surface area contributed by atoms with Gasteiger partial charge in [0.1, 0.15) is 5.75 Å². The van der Waals surface area contributed by atoms with Crippen LogP contribution in [0.3, 0.4) is 0 Å². The molecule has 1 aromatic rings. The number of alkyl halides is 1. The number of benzene rings is 1. The van der Waals surface area contributed by atoms with Crippen LogP contribution in [0.5, 0.6) is 5.75 Å². The third-order valence-corrected chi connectivity index (χ3v) is 5.06. The highest BCUT2D eigenvalue weighted by Crippen LogP contribution is 2.42. The first kappa shape index (κ1) is 12.5. The van der Waals surface area contributed by atoms with Crippen LogP contribution in [0.2, 0.25) is 10.0 Å². The normalized spacial score (nSPS) is 17.9. The van der Waals surface area contributed by atoms with E-state index in [-0.39, 0.29) is 0 Å². The molecular formula is C12H13BrCl2O. The monoisotopic (exact) mass is 322 g/mol. The van der Waals surface area contributed by atoms with Crippen LogP contribution in [0.25, 0.3) is 0 Å². The summed E-state index contributed by atoms with van der Waals surface area (Å²) < 4.78 is 5.77. The molecule has 0 N–H and O–H groups in total. The number of hydrogen-bond donors (Lipinski definition) is 0. The number of rotatable bonds is 4. The lowest BCUT2D eigenvalue weighted by molar-refractivity contribution is 0.0838. The molecule has 0 unspecified atom stereocenters. The van der Waals surface area contributed by atoms with E-state index in [0.29, 0.717) is 15.5 Å². The molecule has 0 spiro atoms. The van der Waals surface area contributed by atoms with Crippen LogP contribution >= 0.6 is 39.1 Å². The molecule has 0 amide bonds. The van der Waals surface area contributed by atoms with E-state index in [4.69, 9.17) is 27.9 Å². The van der Waals surface area contributed by atoms with Gasteiger partial charge in [0, 0.05) is 16.8 Å². The molecule has 4 heteroatoms. The van der Waals surface area contributed by atoms with Gasteiger partial charge in [0.25, 0.3) is 0 Å². The summed E-state index contributed by atoms with van der Waals surface area (Å²) >= 11 is 15.3. The molecule has 1 aliphatic rings. The van der Waals surface area contributed by atoms with Crippen molar-refractivity contribution in [2.75, 3.05) is 11.9 Å². The van der Waals surface area contributed by atoms with Crippen LogP contribution < -0.4 is 4.74 Å². The van der Waals surface area contributed by atoms with E-state index in [9.17, 15) is 0 Å². The maximum absolute atomic E-state index is 5.92. The summed E-state index contributed by atoms with van der Waals surface area (Å²) in [5, 5.41) is 2.11. The van der Waals surface area contributed by atoms with Crippen LogP contribution in [0, 0.1) is 5.41 Å². The van der Waals surface area contributed by atoms with Crippen molar-refractivity contribution in [2.24, 2.45) is 5.41 Å². The molecule has 0 radical (unpaired) electrons. The summed E-state index contributed by atoms with van der Waals surface area (Å²) in [6.45, 7) is 0.746. The first-order valence-electron chi connectivity index (χ1n) is 5.29. The topological polar surface area (TPSA) is 9.23 Å². The average molecular weight is 324 g/mol. The first-order chi connectivity index (χ1) is 7.65. The third-order valence-electron chi connectivity index (χ3n) is 3.13. The van der Waals surface area contributed by atoms with Gasteiger partial charge in [-0.3, -0.25) is 0 Å². The second-order valence-electron chi connectivity index (χ2n) is 4.35. The molecule has 0 aliphatic heterocycles. The molecular weight excluding hydrogens is 311 g/mol. The Labute approximate surface area is 114 Å². The van der Waals surface area contributed by atoms with Gasteiger partial charge >= 0.3 is 0 Å². The summed E-state index contributed by atoms with van der Waals surface area (Å²) in [5.74, 6) is 0.793. The lowest BCUT2D eigenvalue weighted by atomic mass is 9.71. The van der Waals surface area contributed by atoms with Gasteiger partial charge in [-0.05, 0) is 25.0 Å². The van der Waals surface area contributed by atoms with E-state index >= 15 is 0 Å². The van der Waals surface area contributed by atoms with Gasteiger partial charge in [0.15, 0.2) is 0 Å². The maximum Gasteiger partial charge on any atom is 0.120 e. The Kier molecular flexibility index (Phi) is 4.04. The number of halogens is 3. The fourth-order valence-electron chi connectivity index (χ4n) is 1.80. The smallest absolute Gasteiger partial charge is 0.120 e. The average Bonchev–Trinajstić information content (AvgIpc) is 2.22. The highest BCUT2D eigenvalue weighted by Gasteiger charge is 2.36. The fourth-order valence-corrected chi connectivity index (χ4v) is 2.81. The molecule has 0 saturated heterocycles. The molecule has 1 aromatic carbocycles. The largest absolute Gasteiger partial charge is 0.493 e. The highest BCUT2D eigenvalue weighted by atomic mass is 79.9. The summed E-state index contributed by atoms with van der Waals surface area (Å²) in [6, 6.07) is 5.39.